The zero-order chi connectivity index (χ0) is 11.6. The van der Waals surface area contributed by atoms with Crippen LogP contribution in [0.2, 0.25) is 0 Å². The van der Waals surface area contributed by atoms with Gasteiger partial charge in [0, 0.05) is 24.5 Å². The van der Waals surface area contributed by atoms with E-state index in [0.717, 1.165) is 38.4 Å². The van der Waals surface area contributed by atoms with Crippen molar-refractivity contribution in [2.45, 2.75) is 45.1 Å². The lowest BCUT2D eigenvalue weighted by Crippen LogP contribution is -2.44. The van der Waals surface area contributed by atoms with Gasteiger partial charge in [-0.3, -0.25) is 0 Å². The van der Waals surface area contributed by atoms with Crippen molar-refractivity contribution in [2.75, 3.05) is 19.8 Å². The lowest BCUT2D eigenvalue weighted by molar-refractivity contribution is -0.0164. The number of rotatable bonds is 4. The zero-order valence-corrected chi connectivity index (χ0v) is 10.3. The molecular weight excluding hydrogens is 202 g/mol. The molecule has 3 N–H and O–H groups in total. The quantitative estimate of drug-likeness (QED) is 0.766. The first kappa shape index (κ1) is 12.3. The molecule has 0 bridgehead atoms. The number of hydrogen-bond donors (Lipinski definition) is 2. The second-order valence-corrected chi connectivity index (χ2v) is 5.65. The molecule has 1 aliphatic heterocycles. The van der Waals surface area contributed by atoms with Crippen molar-refractivity contribution in [3.05, 3.63) is 0 Å². The van der Waals surface area contributed by atoms with E-state index >= 15 is 0 Å². The van der Waals surface area contributed by atoms with Crippen molar-refractivity contribution in [3.8, 4) is 0 Å². The Morgan fingerprint density at radius 1 is 1.50 bits per heavy atom. The summed E-state index contributed by atoms with van der Waals surface area (Å²) < 4.78 is 5.38. The minimum atomic E-state index is -0.253. The van der Waals surface area contributed by atoms with Crippen molar-refractivity contribution in [1.29, 1.82) is 0 Å². The summed E-state index contributed by atoms with van der Waals surface area (Å²) in [5.74, 6) is 1.08. The van der Waals surface area contributed by atoms with Gasteiger partial charge in [-0.2, -0.15) is 0 Å². The van der Waals surface area contributed by atoms with E-state index in [-0.39, 0.29) is 11.5 Å². The van der Waals surface area contributed by atoms with Crippen LogP contribution in [0.3, 0.4) is 0 Å². The monoisotopic (exact) mass is 227 g/mol. The normalized spacial score (nSPS) is 41.4. The van der Waals surface area contributed by atoms with E-state index in [0.29, 0.717) is 12.5 Å². The molecule has 2 aliphatic rings. The maximum absolute atomic E-state index is 10.6. The molecule has 1 aliphatic carbocycles. The highest BCUT2D eigenvalue weighted by Gasteiger charge is 2.46. The van der Waals surface area contributed by atoms with Crippen LogP contribution in [-0.4, -0.2) is 31.0 Å². The molecule has 0 spiro atoms. The third kappa shape index (κ3) is 2.13. The van der Waals surface area contributed by atoms with Gasteiger partial charge >= 0.3 is 0 Å². The second kappa shape index (κ2) is 5.03. The van der Waals surface area contributed by atoms with Gasteiger partial charge in [-0.05, 0) is 31.6 Å². The van der Waals surface area contributed by atoms with Crippen LogP contribution >= 0.6 is 0 Å². The predicted octanol–water partition coefficient (Wildman–Crippen LogP) is 1.54. The third-order valence-electron chi connectivity index (χ3n) is 4.77. The van der Waals surface area contributed by atoms with Crippen LogP contribution in [0.15, 0.2) is 0 Å². The summed E-state index contributed by atoms with van der Waals surface area (Å²) in [4.78, 5) is 0. The summed E-state index contributed by atoms with van der Waals surface area (Å²) >= 11 is 0. The maximum Gasteiger partial charge on any atom is 0.0659 e. The summed E-state index contributed by atoms with van der Waals surface area (Å²) in [6, 6.07) is 0. The first-order valence-electron chi connectivity index (χ1n) is 6.67. The highest BCUT2D eigenvalue weighted by Crippen LogP contribution is 2.47. The first-order chi connectivity index (χ1) is 7.72. The number of hydrogen-bond acceptors (Lipinski definition) is 3. The number of aliphatic hydroxyl groups is 1. The van der Waals surface area contributed by atoms with E-state index in [1.54, 1.807) is 0 Å². The van der Waals surface area contributed by atoms with Gasteiger partial charge in [-0.15, -0.1) is 0 Å². The first-order valence-corrected chi connectivity index (χ1v) is 6.67. The molecule has 1 saturated carbocycles. The van der Waals surface area contributed by atoms with Crippen molar-refractivity contribution < 1.29 is 9.84 Å². The molecule has 0 amide bonds. The molecule has 0 aromatic heterocycles. The van der Waals surface area contributed by atoms with Gasteiger partial charge in [0.15, 0.2) is 0 Å². The Morgan fingerprint density at radius 3 is 2.81 bits per heavy atom. The molecule has 3 nitrogen and oxygen atoms in total. The van der Waals surface area contributed by atoms with E-state index in [1.165, 1.54) is 12.8 Å². The number of ether oxygens (including phenoxy) is 1. The Balaban J connectivity index is 2.03. The fourth-order valence-corrected chi connectivity index (χ4v) is 3.50. The van der Waals surface area contributed by atoms with Crippen LogP contribution in [0.1, 0.15) is 39.0 Å². The maximum atomic E-state index is 10.6. The van der Waals surface area contributed by atoms with Gasteiger partial charge in [-0.25, -0.2) is 0 Å². The molecule has 2 fully saturated rings. The Morgan fingerprint density at radius 2 is 2.31 bits per heavy atom. The molecular formula is C13H25NO2. The van der Waals surface area contributed by atoms with Gasteiger partial charge < -0.3 is 15.6 Å². The van der Waals surface area contributed by atoms with Crippen molar-refractivity contribution in [3.63, 3.8) is 0 Å². The van der Waals surface area contributed by atoms with Gasteiger partial charge in [0.25, 0.3) is 0 Å². The van der Waals surface area contributed by atoms with Crippen molar-refractivity contribution >= 4 is 0 Å². The fraction of sp³-hybridized carbons (Fsp3) is 1.00. The molecule has 1 saturated heterocycles. The molecule has 2 rings (SSSR count). The van der Waals surface area contributed by atoms with Crippen LogP contribution in [0, 0.1) is 17.3 Å². The zero-order valence-electron chi connectivity index (χ0n) is 10.3. The van der Waals surface area contributed by atoms with Gasteiger partial charge in [0.05, 0.1) is 12.7 Å². The molecule has 94 valence electrons. The highest BCUT2D eigenvalue weighted by atomic mass is 16.5. The van der Waals surface area contributed by atoms with Crippen LogP contribution in [0.5, 0.6) is 0 Å². The van der Waals surface area contributed by atoms with Crippen LogP contribution in [0.25, 0.3) is 0 Å². The molecule has 4 unspecified atom stereocenters. The Bertz CT molecular complexity index is 228. The number of aliphatic hydroxyl groups excluding tert-OH is 1. The van der Waals surface area contributed by atoms with E-state index in [9.17, 15) is 5.11 Å². The molecule has 1 heterocycles. The minimum absolute atomic E-state index is 0.0148. The van der Waals surface area contributed by atoms with E-state index in [4.69, 9.17) is 10.5 Å². The molecule has 0 aromatic rings. The van der Waals surface area contributed by atoms with Crippen LogP contribution < -0.4 is 5.73 Å². The number of nitrogens with two attached hydrogens (primary N) is 1. The van der Waals surface area contributed by atoms with Crippen molar-refractivity contribution in [2.24, 2.45) is 23.0 Å². The molecule has 0 radical (unpaired) electrons. The average Bonchev–Trinajstić information content (AvgIpc) is 2.98. The summed E-state index contributed by atoms with van der Waals surface area (Å²) in [7, 11) is 0. The topological polar surface area (TPSA) is 55.5 Å². The molecule has 0 aromatic carbocycles. The van der Waals surface area contributed by atoms with Gasteiger partial charge in [0.1, 0.15) is 0 Å². The van der Waals surface area contributed by atoms with E-state index in [2.05, 4.69) is 6.92 Å². The Hall–Kier alpha value is -0.120. The molecule has 3 heteroatoms. The summed E-state index contributed by atoms with van der Waals surface area (Å²) in [5, 5.41) is 10.6. The standard InChI is InChI=1S/C13H25NO2/c1-2-10-3-5-13(7-10,9-14)12(15)11-4-6-16-8-11/h10-12,15H,2-9,14H2,1H3. The SMILES string of the molecule is CCC1CCC(CN)(C(O)C2CCOC2)C1. The molecule has 16 heavy (non-hydrogen) atoms. The predicted molar refractivity (Wildman–Crippen MR) is 64.1 cm³/mol. The molecule has 4 atom stereocenters. The van der Waals surface area contributed by atoms with Gasteiger partial charge in [0.2, 0.25) is 0 Å². The highest BCUT2D eigenvalue weighted by molar-refractivity contribution is 4.97. The fourth-order valence-electron chi connectivity index (χ4n) is 3.50. The van der Waals surface area contributed by atoms with Gasteiger partial charge in [-0.1, -0.05) is 13.3 Å². The summed E-state index contributed by atoms with van der Waals surface area (Å²) in [6.45, 7) is 4.39. The minimum Gasteiger partial charge on any atom is -0.392 e. The van der Waals surface area contributed by atoms with Crippen molar-refractivity contribution in [1.82, 2.24) is 0 Å². The lowest BCUT2D eigenvalue weighted by atomic mass is 9.74. The third-order valence-corrected chi connectivity index (χ3v) is 4.77. The average molecular weight is 227 g/mol. The van der Waals surface area contributed by atoms with Crippen LogP contribution in [-0.2, 0) is 4.74 Å². The Labute approximate surface area is 98.4 Å². The summed E-state index contributed by atoms with van der Waals surface area (Å²) in [5.41, 5.74) is 5.94. The van der Waals surface area contributed by atoms with Crippen LogP contribution in [0.4, 0.5) is 0 Å². The Kier molecular flexibility index (Phi) is 3.88. The second-order valence-electron chi connectivity index (χ2n) is 5.65. The summed E-state index contributed by atoms with van der Waals surface area (Å²) in [6.07, 6.45) is 5.40. The smallest absolute Gasteiger partial charge is 0.0659 e. The lowest BCUT2D eigenvalue weighted by Gasteiger charge is -2.36. The van der Waals surface area contributed by atoms with E-state index < -0.39 is 0 Å². The largest absolute Gasteiger partial charge is 0.392 e. The van der Waals surface area contributed by atoms with E-state index in [1.807, 2.05) is 0 Å².